The number of amides is 1. The van der Waals surface area contributed by atoms with E-state index in [0.29, 0.717) is 12.8 Å². The lowest BCUT2D eigenvalue weighted by molar-refractivity contribution is -0.379. The Morgan fingerprint density at radius 1 is 0.387 bits per heavy atom. The van der Waals surface area contributed by atoms with E-state index in [1.54, 1.807) is 6.08 Å². The summed E-state index contributed by atoms with van der Waals surface area (Å²) in [6.45, 7) is 1.66. The van der Waals surface area contributed by atoms with Gasteiger partial charge in [-0.1, -0.05) is 241 Å². The van der Waals surface area contributed by atoms with Gasteiger partial charge in [0.1, 0.15) is 73.2 Å². The van der Waals surface area contributed by atoms with Crippen LogP contribution in [0.15, 0.2) is 72.9 Å². The fourth-order valence-corrected chi connectivity index (χ4v) is 12.0. The SMILES string of the molecule is CCCCC/C=C/CC/C=C/CC/C=C/C(O)C(COC1OC(CO)C(OC2OC(CO)C(OC3OC(CO)C(O)C(O)C3O)C(O)C2O)C(O)C1O)NC(=O)CCCCCCCCCCCCCCCCCCCCCC/C=C\C/C=C\C/C=C\CCCCCCC. The van der Waals surface area contributed by atoms with E-state index in [-0.39, 0.29) is 18.9 Å². The van der Waals surface area contributed by atoms with Gasteiger partial charge in [0.25, 0.3) is 0 Å². The number of carbonyl (C=O) groups excluding carboxylic acids is 1. The van der Waals surface area contributed by atoms with Crippen molar-refractivity contribution in [3.8, 4) is 0 Å². The summed E-state index contributed by atoms with van der Waals surface area (Å²) in [4.78, 5) is 13.4. The van der Waals surface area contributed by atoms with Crippen molar-refractivity contribution in [2.45, 2.75) is 362 Å². The minimum atomic E-state index is -1.98. The zero-order valence-corrected chi connectivity index (χ0v) is 57.2. The molecule has 17 atom stereocenters. The van der Waals surface area contributed by atoms with E-state index in [9.17, 15) is 61.0 Å². The number of unbranched alkanes of at least 4 members (excludes halogenated alkanes) is 30. The quantitative estimate of drug-likeness (QED) is 0.0199. The fraction of sp³-hybridized carbons (Fsp3) is 0.824. The second-order valence-corrected chi connectivity index (χ2v) is 26.0. The Balaban J connectivity index is 1.33. The molecule has 0 aromatic heterocycles. The molecule has 540 valence electrons. The summed E-state index contributed by atoms with van der Waals surface area (Å²) >= 11 is 0. The molecule has 3 saturated heterocycles. The Morgan fingerprint density at radius 2 is 0.720 bits per heavy atom. The zero-order valence-electron chi connectivity index (χ0n) is 57.2. The minimum absolute atomic E-state index is 0.231. The van der Waals surface area contributed by atoms with E-state index in [4.69, 9.17) is 28.4 Å². The molecule has 0 aromatic carbocycles. The molecule has 3 aliphatic heterocycles. The van der Waals surface area contributed by atoms with Crippen LogP contribution in [-0.4, -0.2) is 193 Å². The lowest BCUT2D eigenvalue weighted by atomic mass is 9.96. The number of aliphatic hydroxyl groups is 11. The van der Waals surface area contributed by atoms with Gasteiger partial charge in [-0.2, -0.15) is 0 Å². The standard InChI is InChI=1S/C74H131NO18/c1-3-5-7-9-11-13-15-17-18-19-20-21-22-23-24-25-26-27-28-29-30-31-32-33-34-35-36-37-38-40-42-44-46-48-50-52-62(80)75-57(58(79)51-49-47-45-43-41-39-16-14-12-10-8-6-4-2)56-88-72-68(86)65(83)70(60(54-77)90-72)93-74-69(87)66(84)71(61(55-78)91-74)92-73-67(85)64(82)63(81)59(53-76)89-73/h12,14-15,17,19-20,22-23,41,43,49,51,57-61,63-74,76-79,81-87H,3-11,13,16,18,21,24-40,42,44-48,50,52-56H2,1-2H3,(H,75,80)/b14-12+,17-15-,20-19-,23-22-,43-41+,51-49+. The maximum Gasteiger partial charge on any atom is 0.220 e. The molecule has 0 saturated carbocycles. The Morgan fingerprint density at radius 3 is 1.17 bits per heavy atom. The highest BCUT2D eigenvalue weighted by Crippen LogP contribution is 2.33. The van der Waals surface area contributed by atoms with Crippen molar-refractivity contribution in [2.24, 2.45) is 0 Å². The van der Waals surface area contributed by atoms with Crippen LogP contribution in [-0.2, 0) is 33.2 Å². The first kappa shape index (κ1) is 84.5. The summed E-state index contributed by atoms with van der Waals surface area (Å²) in [5.74, 6) is -0.290. The molecule has 0 aliphatic carbocycles. The Labute approximate surface area is 559 Å². The molecule has 3 heterocycles. The van der Waals surface area contributed by atoms with Crippen LogP contribution in [0.4, 0.5) is 0 Å². The second kappa shape index (κ2) is 55.1. The van der Waals surface area contributed by atoms with Crippen LogP contribution in [0.1, 0.15) is 258 Å². The molecule has 1 amide bonds. The molecule has 19 heteroatoms. The van der Waals surface area contributed by atoms with Gasteiger partial charge in [0.15, 0.2) is 18.9 Å². The first-order chi connectivity index (χ1) is 45.3. The largest absolute Gasteiger partial charge is 0.394 e. The van der Waals surface area contributed by atoms with Crippen LogP contribution in [0.3, 0.4) is 0 Å². The van der Waals surface area contributed by atoms with Crippen molar-refractivity contribution in [2.75, 3.05) is 26.4 Å². The van der Waals surface area contributed by atoms with Crippen LogP contribution < -0.4 is 5.32 Å². The maximum absolute atomic E-state index is 13.4. The highest BCUT2D eigenvalue weighted by atomic mass is 16.8. The van der Waals surface area contributed by atoms with Crippen molar-refractivity contribution >= 4 is 5.91 Å². The molecule has 19 nitrogen and oxygen atoms in total. The molecule has 3 fully saturated rings. The van der Waals surface area contributed by atoms with Crippen LogP contribution in [0.25, 0.3) is 0 Å². The zero-order chi connectivity index (χ0) is 67.5. The number of ether oxygens (including phenoxy) is 6. The van der Waals surface area contributed by atoms with E-state index in [2.05, 4.69) is 79.9 Å². The van der Waals surface area contributed by atoms with Gasteiger partial charge in [-0.05, 0) is 83.5 Å². The lowest BCUT2D eigenvalue weighted by Gasteiger charge is -2.48. The number of nitrogens with one attached hydrogen (secondary N) is 1. The molecule has 0 spiro atoms. The van der Waals surface area contributed by atoms with Gasteiger partial charge in [0, 0.05) is 6.42 Å². The van der Waals surface area contributed by atoms with Gasteiger partial charge in [-0.3, -0.25) is 4.79 Å². The molecule has 0 radical (unpaired) electrons. The Hall–Kier alpha value is -2.77. The number of carbonyl (C=O) groups is 1. The van der Waals surface area contributed by atoms with E-state index < -0.39 is 124 Å². The summed E-state index contributed by atoms with van der Waals surface area (Å²) in [7, 11) is 0. The smallest absolute Gasteiger partial charge is 0.220 e. The van der Waals surface area contributed by atoms with Gasteiger partial charge < -0.3 is 89.9 Å². The van der Waals surface area contributed by atoms with Crippen LogP contribution in [0.5, 0.6) is 0 Å². The van der Waals surface area contributed by atoms with Crippen molar-refractivity contribution in [1.29, 1.82) is 0 Å². The van der Waals surface area contributed by atoms with Crippen molar-refractivity contribution in [3.63, 3.8) is 0 Å². The molecule has 93 heavy (non-hydrogen) atoms. The summed E-state index contributed by atoms with van der Waals surface area (Å²) in [6, 6.07) is -0.997. The predicted molar refractivity (Wildman–Crippen MR) is 365 cm³/mol. The minimum Gasteiger partial charge on any atom is -0.394 e. The van der Waals surface area contributed by atoms with Crippen molar-refractivity contribution in [3.05, 3.63) is 72.9 Å². The maximum atomic E-state index is 13.4. The van der Waals surface area contributed by atoms with Crippen LogP contribution >= 0.6 is 0 Å². The third-order valence-electron chi connectivity index (χ3n) is 18.0. The molecule has 3 aliphatic rings. The molecule has 0 aromatic rings. The average molecular weight is 1320 g/mol. The monoisotopic (exact) mass is 1320 g/mol. The van der Waals surface area contributed by atoms with Crippen molar-refractivity contribution < 1.29 is 89.4 Å². The van der Waals surface area contributed by atoms with Crippen molar-refractivity contribution in [1.82, 2.24) is 5.32 Å². The predicted octanol–water partition coefficient (Wildman–Crippen LogP) is 10.5. The van der Waals surface area contributed by atoms with Gasteiger partial charge in [0.2, 0.25) is 5.91 Å². The van der Waals surface area contributed by atoms with E-state index in [1.165, 1.54) is 167 Å². The molecule has 3 rings (SSSR count). The third kappa shape index (κ3) is 36.6. The molecular weight excluding hydrogens is 1190 g/mol. The number of hydrogen-bond donors (Lipinski definition) is 12. The summed E-state index contributed by atoms with van der Waals surface area (Å²) in [6.07, 6.45) is 43.4. The van der Waals surface area contributed by atoms with E-state index in [0.717, 1.165) is 57.8 Å². The van der Waals surface area contributed by atoms with Gasteiger partial charge in [-0.15, -0.1) is 0 Å². The number of allylic oxidation sites excluding steroid dienone is 11. The number of aliphatic hydroxyl groups excluding tert-OH is 11. The van der Waals surface area contributed by atoms with E-state index in [1.807, 2.05) is 6.08 Å². The summed E-state index contributed by atoms with van der Waals surface area (Å²) in [5, 5.41) is 120. The molecular formula is C74H131NO18. The topological polar surface area (TPSA) is 307 Å². The van der Waals surface area contributed by atoms with Crippen LogP contribution in [0, 0.1) is 0 Å². The summed E-state index contributed by atoms with van der Waals surface area (Å²) < 4.78 is 34.3. The fourth-order valence-electron chi connectivity index (χ4n) is 12.0. The van der Waals surface area contributed by atoms with Gasteiger partial charge >= 0.3 is 0 Å². The number of rotatable bonds is 56. The second-order valence-electron chi connectivity index (χ2n) is 26.0. The first-order valence-corrected chi connectivity index (χ1v) is 36.7. The van der Waals surface area contributed by atoms with E-state index >= 15 is 0 Å². The number of hydrogen-bond acceptors (Lipinski definition) is 18. The highest BCUT2D eigenvalue weighted by Gasteiger charge is 2.53. The van der Waals surface area contributed by atoms with Gasteiger partial charge in [-0.25, -0.2) is 0 Å². The highest BCUT2D eigenvalue weighted by molar-refractivity contribution is 5.76. The van der Waals surface area contributed by atoms with Gasteiger partial charge in [0.05, 0.1) is 38.6 Å². The molecule has 0 bridgehead atoms. The average Bonchev–Trinajstić information content (AvgIpc) is 1.62. The first-order valence-electron chi connectivity index (χ1n) is 36.7. The summed E-state index contributed by atoms with van der Waals surface area (Å²) in [5.41, 5.74) is 0. The Kier molecular flexibility index (Phi) is 50.1. The molecule has 17 unspecified atom stereocenters. The lowest BCUT2D eigenvalue weighted by Crippen LogP contribution is -2.66. The Bertz CT molecular complexity index is 1970. The molecule has 12 N–H and O–H groups in total. The third-order valence-corrected chi connectivity index (χ3v) is 18.0. The normalized spacial score (nSPS) is 27.9. The van der Waals surface area contributed by atoms with Crippen LogP contribution in [0.2, 0.25) is 0 Å².